The van der Waals surface area contributed by atoms with Gasteiger partial charge in [0.15, 0.2) is 0 Å². The minimum absolute atomic E-state index is 0. The van der Waals surface area contributed by atoms with Gasteiger partial charge in [0.25, 0.3) is 5.69 Å². The van der Waals surface area contributed by atoms with Crippen LogP contribution in [-0.4, -0.2) is 16.9 Å². The molecular weight excluding hydrogens is 392 g/mol. The second kappa shape index (κ2) is 10.8. The predicted molar refractivity (Wildman–Crippen MR) is 114 cm³/mol. The molecule has 0 aliphatic rings. The fourth-order valence-corrected chi connectivity index (χ4v) is 2.78. The summed E-state index contributed by atoms with van der Waals surface area (Å²) >= 11 is 0. The number of ether oxygens (including phenoxy) is 1. The second-order valence-electron chi connectivity index (χ2n) is 6.29. The Morgan fingerprint density at radius 1 is 0.931 bits per heavy atom. The molecule has 0 amide bonds. The van der Waals surface area contributed by atoms with Crippen molar-refractivity contribution in [2.24, 2.45) is 0 Å². The van der Waals surface area contributed by atoms with Crippen molar-refractivity contribution in [3.05, 3.63) is 106 Å². The first-order valence-corrected chi connectivity index (χ1v) is 8.87. The van der Waals surface area contributed by atoms with E-state index >= 15 is 0 Å². The van der Waals surface area contributed by atoms with Crippen LogP contribution < -0.4 is 5.32 Å². The van der Waals surface area contributed by atoms with Gasteiger partial charge in [-0.15, -0.1) is 12.4 Å². The first-order valence-electron chi connectivity index (χ1n) is 8.87. The third-order valence-corrected chi connectivity index (χ3v) is 4.19. The van der Waals surface area contributed by atoms with E-state index in [1.807, 2.05) is 60.7 Å². The topological polar surface area (TPSA) is 81.5 Å². The van der Waals surface area contributed by atoms with Crippen molar-refractivity contribution in [1.82, 2.24) is 0 Å². The number of non-ortho nitro benzene ring substituents is 1. The highest BCUT2D eigenvalue weighted by atomic mass is 35.5. The van der Waals surface area contributed by atoms with Crippen LogP contribution >= 0.6 is 12.4 Å². The van der Waals surface area contributed by atoms with Crippen molar-refractivity contribution in [3.63, 3.8) is 0 Å². The highest BCUT2D eigenvalue weighted by molar-refractivity contribution is 5.85. The quantitative estimate of drug-likeness (QED) is 0.327. The fourth-order valence-electron chi connectivity index (χ4n) is 2.78. The van der Waals surface area contributed by atoms with Crippen LogP contribution in [0.4, 0.5) is 11.4 Å². The first-order chi connectivity index (χ1) is 13.6. The number of carbonyl (C=O) groups excluding carboxylic acids is 1. The minimum atomic E-state index is -0.673. The fraction of sp³-hybridized carbons (Fsp3) is 0.136. The molecule has 1 unspecified atom stereocenters. The lowest BCUT2D eigenvalue weighted by Gasteiger charge is -2.19. The van der Waals surface area contributed by atoms with E-state index in [2.05, 4.69) is 5.32 Å². The lowest BCUT2D eigenvalue weighted by Crippen LogP contribution is -2.33. The van der Waals surface area contributed by atoms with E-state index in [4.69, 9.17) is 4.74 Å². The maximum Gasteiger partial charge on any atom is 0.329 e. The normalized spacial score (nSPS) is 11.0. The molecule has 1 atom stereocenters. The molecular formula is C22H21ClN2O4. The van der Waals surface area contributed by atoms with Gasteiger partial charge in [0.05, 0.1) is 4.92 Å². The summed E-state index contributed by atoms with van der Waals surface area (Å²) in [6, 6.07) is 24.4. The smallest absolute Gasteiger partial charge is 0.329 e. The SMILES string of the molecule is Cl.O=C(OCc1ccccc1)C(Cc1ccccc1)Nc1cccc([N+](=O)[O-])c1. The number of nitro benzene ring substituents is 1. The van der Waals surface area contributed by atoms with Gasteiger partial charge in [0, 0.05) is 24.2 Å². The van der Waals surface area contributed by atoms with Crippen molar-refractivity contribution in [2.45, 2.75) is 19.1 Å². The minimum Gasteiger partial charge on any atom is -0.459 e. The first kappa shape index (κ1) is 21.9. The molecule has 1 N–H and O–H groups in total. The Morgan fingerprint density at radius 2 is 1.55 bits per heavy atom. The molecule has 0 saturated heterocycles. The maximum absolute atomic E-state index is 12.7. The number of nitro groups is 1. The summed E-state index contributed by atoms with van der Waals surface area (Å²) in [4.78, 5) is 23.3. The highest BCUT2D eigenvalue weighted by Crippen LogP contribution is 2.19. The molecule has 29 heavy (non-hydrogen) atoms. The van der Waals surface area contributed by atoms with Gasteiger partial charge in [-0.1, -0.05) is 66.7 Å². The Labute approximate surface area is 175 Å². The largest absolute Gasteiger partial charge is 0.459 e. The van der Waals surface area contributed by atoms with Crippen LogP contribution in [0.3, 0.4) is 0 Å². The number of hydrogen-bond acceptors (Lipinski definition) is 5. The number of benzene rings is 3. The summed E-state index contributed by atoms with van der Waals surface area (Å²) in [6.07, 6.45) is 0.400. The molecule has 0 bridgehead atoms. The second-order valence-corrected chi connectivity index (χ2v) is 6.29. The summed E-state index contributed by atoms with van der Waals surface area (Å²) in [5, 5.41) is 14.1. The van der Waals surface area contributed by atoms with Crippen LogP contribution in [-0.2, 0) is 22.6 Å². The molecule has 0 spiro atoms. The Hall–Kier alpha value is -3.38. The van der Waals surface area contributed by atoms with Crippen molar-refractivity contribution in [2.75, 3.05) is 5.32 Å². The van der Waals surface area contributed by atoms with Gasteiger partial charge in [-0.25, -0.2) is 4.79 Å². The lowest BCUT2D eigenvalue weighted by molar-refractivity contribution is -0.384. The Kier molecular flexibility index (Phi) is 8.18. The van der Waals surface area contributed by atoms with Gasteiger partial charge in [-0.2, -0.15) is 0 Å². The van der Waals surface area contributed by atoms with Gasteiger partial charge in [-0.05, 0) is 17.2 Å². The maximum atomic E-state index is 12.7. The van der Waals surface area contributed by atoms with Crippen molar-refractivity contribution < 1.29 is 14.5 Å². The highest BCUT2D eigenvalue weighted by Gasteiger charge is 2.21. The monoisotopic (exact) mass is 412 g/mol. The van der Waals surface area contributed by atoms with Gasteiger partial charge < -0.3 is 10.1 Å². The lowest BCUT2D eigenvalue weighted by atomic mass is 10.1. The molecule has 0 aliphatic carbocycles. The van der Waals surface area contributed by atoms with E-state index in [0.717, 1.165) is 11.1 Å². The van der Waals surface area contributed by atoms with Crippen LogP contribution in [0.5, 0.6) is 0 Å². The number of nitrogens with zero attached hydrogens (tertiary/aromatic N) is 1. The Balaban J connectivity index is 0.00000300. The zero-order valence-corrected chi connectivity index (χ0v) is 16.4. The van der Waals surface area contributed by atoms with Crippen LogP contribution in [0.25, 0.3) is 0 Å². The van der Waals surface area contributed by atoms with Crippen molar-refractivity contribution in [1.29, 1.82) is 0 Å². The number of rotatable bonds is 8. The van der Waals surface area contributed by atoms with Crippen LogP contribution in [0.15, 0.2) is 84.9 Å². The summed E-state index contributed by atoms with van der Waals surface area (Å²) in [6.45, 7) is 0.168. The third kappa shape index (κ3) is 6.62. The third-order valence-electron chi connectivity index (χ3n) is 4.19. The molecule has 0 heterocycles. The molecule has 7 heteroatoms. The molecule has 0 aliphatic heterocycles. The number of nitrogens with one attached hydrogen (secondary N) is 1. The molecule has 6 nitrogen and oxygen atoms in total. The Bertz CT molecular complexity index is 936. The van der Waals surface area contributed by atoms with E-state index in [1.165, 1.54) is 12.1 Å². The van der Waals surface area contributed by atoms with Gasteiger partial charge in [0.1, 0.15) is 12.6 Å². The van der Waals surface area contributed by atoms with Crippen molar-refractivity contribution in [3.8, 4) is 0 Å². The molecule has 0 saturated carbocycles. The number of carbonyl (C=O) groups is 1. The van der Waals surface area contributed by atoms with E-state index in [9.17, 15) is 14.9 Å². The Morgan fingerprint density at radius 3 is 2.17 bits per heavy atom. The molecule has 150 valence electrons. The van der Waals surface area contributed by atoms with Gasteiger partial charge in [0.2, 0.25) is 0 Å². The number of hydrogen-bond donors (Lipinski definition) is 1. The molecule has 3 aromatic carbocycles. The molecule has 0 aromatic heterocycles. The van der Waals surface area contributed by atoms with Crippen LogP contribution in [0.1, 0.15) is 11.1 Å². The summed E-state index contributed by atoms with van der Waals surface area (Å²) < 4.78 is 5.48. The predicted octanol–water partition coefficient (Wildman–Crippen LogP) is 4.78. The number of anilines is 1. The summed E-state index contributed by atoms with van der Waals surface area (Å²) in [7, 11) is 0. The van der Waals surface area contributed by atoms with E-state index in [1.54, 1.807) is 12.1 Å². The number of esters is 1. The van der Waals surface area contributed by atoms with E-state index in [-0.39, 0.29) is 24.7 Å². The average Bonchev–Trinajstić information content (AvgIpc) is 2.73. The molecule has 0 fully saturated rings. The zero-order chi connectivity index (χ0) is 19.8. The number of halogens is 1. The van der Waals surface area contributed by atoms with E-state index in [0.29, 0.717) is 12.1 Å². The van der Waals surface area contributed by atoms with Crippen LogP contribution in [0, 0.1) is 10.1 Å². The molecule has 3 aromatic rings. The van der Waals surface area contributed by atoms with Gasteiger partial charge in [-0.3, -0.25) is 10.1 Å². The molecule has 3 rings (SSSR count). The zero-order valence-electron chi connectivity index (χ0n) is 15.6. The summed E-state index contributed by atoms with van der Waals surface area (Å²) in [5.74, 6) is -0.417. The van der Waals surface area contributed by atoms with Crippen molar-refractivity contribution >= 4 is 29.8 Å². The summed E-state index contributed by atoms with van der Waals surface area (Å²) in [5.41, 5.74) is 2.31. The van der Waals surface area contributed by atoms with Crippen LogP contribution in [0.2, 0.25) is 0 Å². The average molecular weight is 413 g/mol. The standard InChI is InChI=1S/C22H20N2O4.ClH/c25-22(28-16-18-10-5-2-6-11-18)21(14-17-8-3-1-4-9-17)23-19-12-7-13-20(15-19)24(26)27;/h1-13,15,21,23H,14,16H2;1H. The van der Waals surface area contributed by atoms with E-state index < -0.39 is 16.9 Å². The molecule has 0 radical (unpaired) electrons. The van der Waals surface area contributed by atoms with Gasteiger partial charge >= 0.3 is 5.97 Å².